The Hall–Kier alpha value is -0.760. The molecule has 1 heterocycles. The van der Waals surface area contributed by atoms with Gasteiger partial charge in [-0.2, -0.15) is 0 Å². The average molecular weight is 207 g/mol. The third kappa shape index (κ3) is 1.96. The Kier molecular flexibility index (Phi) is 3.15. The van der Waals surface area contributed by atoms with Crippen LogP contribution < -0.4 is 0 Å². The van der Waals surface area contributed by atoms with E-state index in [1.807, 2.05) is 0 Å². The van der Waals surface area contributed by atoms with Crippen LogP contribution in [0.3, 0.4) is 0 Å². The Morgan fingerprint density at radius 1 is 1.53 bits per heavy atom. The van der Waals surface area contributed by atoms with E-state index < -0.39 is 0 Å². The summed E-state index contributed by atoms with van der Waals surface area (Å²) in [6.07, 6.45) is 5.46. The van der Waals surface area contributed by atoms with E-state index in [1.165, 1.54) is 29.8 Å². The summed E-state index contributed by atoms with van der Waals surface area (Å²) in [6.45, 7) is 5.49. The lowest BCUT2D eigenvalue weighted by atomic mass is 9.95. The molecule has 2 nitrogen and oxygen atoms in total. The molecule has 0 spiro atoms. The van der Waals surface area contributed by atoms with Gasteiger partial charge in [-0.25, -0.2) is 0 Å². The lowest BCUT2D eigenvalue weighted by Crippen LogP contribution is -2.12. The molecule has 0 saturated carbocycles. The molecule has 1 N–H and O–H groups in total. The third-order valence-corrected chi connectivity index (χ3v) is 3.43. The van der Waals surface area contributed by atoms with E-state index >= 15 is 0 Å². The fraction of sp³-hybridized carbons (Fsp3) is 0.692. The standard InChI is InChI=1S/C13H21NO/c1-3-4-8-14-10(2)9-11-12(14)6-5-7-13(11)15/h9,13,15H,3-8H2,1-2H3. The topological polar surface area (TPSA) is 25.2 Å². The smallest absolute Gasteiger partial charge is 0.0807 e. The zero-order valence-corrected chi connectivity index (χ0v) is 9.79. The number of hydrogen-bond donors (Lipinski definition) is 1. The molecule has 0 saturated heterocycles. The molecule has 2 heteroatoms. The summed E-state index contributed by atoms with van der Waals surface area (Å²) in [6, 6.07) is 2.18. The Morgan fingerprint density at radius 3 is 3.07 bits per heavy atom. The lowest BCUT2D eigenvalue weighted by Gasteiger charge is -2.20. The molecule has 0 aromatic carbocycles. The first-order valence-electron chi connectivity index (χ1n) is 6.11. The molecule has 0 aliphatic heterocycles. The van der Waals surface area contributed by atoms with Crippen LogP contribution in [0.25, 0.3) is 0 Å². The predicted molar refractivity (Wildman–Crippen MR) is 62.0 cm³/mol. The maximum absolute atomic E-state index is 9.91. The second-order valence-electron chi connectivity index (χ2n) is 4.60. The quantitative estimate of drug-likeness (QED) is 0.810. The summed E-state index contributed by atoms with van der Waals surface area (Å²) < 4.78 is 2.40. The molecule has 2 rings (SSSR count). The first-order valence-corrected chi connectivity index (χ1v) is 6.11. The molecule has 0 fully saturated rings. The number of hydrogen-bond acceptors (Lipinski definition) is 1. The Labute approximate surface area is 91.9 Å². The highest BCUT2D eigenvalue weighted by molar-refractivity contribution is 5.31. The SMILES string of the molecule is CCCCn1c(C)cc2c1CCCC2O. The number of nitrogens with zero attached hydrogens (tertiary/aromatic N) is 1. The fourth-order valence-electron chi connectivity index (χ4n) is 2.57. The molecule has 1 aromatic heterocycles. The molecule has 1 atom stereocenters. The van der Waals surface area contributed by atoms with E-state index in [-0.39, 0.29) is 6.10 Å². The van der Waals surface area contributed by atoms with Gasteiger partial charge in [0.2, 0.25) is 0 Å². The van der Waals surface area contributed by atoms with Crippen molar-refractivity contribution in [2.24, 2.45) is 0 Å². The van der Waals surface area contributed by atoms with Crippen LogP contribution in [0, 0.1) is 6.92 Å². The predicted octanol–water partition coefficient (Wildman–Crippen LogP) is 2.97. The van der Waals surface area contributed by atoms with E-state index in [4.69, 9.17) is 0 Å². The van der Waals surface area contributed by atoms with Crippen molar-refractivity contribution < 1.29 is 5.11 Å². The number of fused-ring (bicyclic) bond motifs is 1. The maximum atomic E-state index is 9.91. The van der Waals surface area contributed by atoms with Crippen molar-refractivity contribution in [1.82, 2.24) is 4.57 Å². The van der Waals surface area contributed by atoms with E-state index in [0.29, 0.717) is 0 Å². The maximum Gasteiger partial charge on any atom is 0.0807 e. The Balaban J connectivity index is 2.29. The molecule has 15 heavy (non-hydrogen) atoms. The summed E-state index contributed by atoms with van der Waals surface area (Å²) in [5.74, 6) is 0. The van der Waals surface area contributed by atoms with Gasteiger partial charge in [0.15, 0.2) is 0 Å². The fourth-order valence-corrected chi connectivity index (χ4v) is 2.57. The van der Waals surface area contributed by atoms with Gasteiger partial charge in [0.25, 0.3) is 0 Å². The second kappa shape index (κ2) is 4.40. The highest BCUT2D eigenvalue weighted by atomic mass is 16.3. The second-order valence-corrected chi connectivity index (χ2v) is 4.60. The van der Waals surface area contributed by atoms with Crippen molar-refractivity contribution in [3.05, 3.63) is 23.0 Å². The zero-order chi connectivity index (χ0) is 10.8. The molecule has 1 unspecified atom stereocenters. The molecule has 0 amide bonds. The van der Waals surface area contributed by atoms with Crippen molar-refractivity contribution in [2.75, 3.05) is 0 Å². The van der Waals surface area contributed by atoms with Gasteiger partial charge in [-0.15, -0.1) is 0 Å². The molecular formula is C13H21NO. The van der Waals surface area contributed by atoms with Crippen LogP contribution in [0.5, 0.6) is 0 Å². The normalized spacial score (nSPS) is 20.3. The average Bonchev–Trinajstić information content (AvgIpc) is 2.54. The Morgan fingerprint density at radius 2 is 2.33 bits per heavy atom. The first-order chi connectivity index (χ1) is 7.24. The minimum atomic E-state index is -0.213. The number of aliphatic hydroxyl groups is 1. The van der Waals surface area contributed by atoms with Crippen molar-refractivity contribution in [1.29, 1.82) is 0 Å². The minimum Gasteiger partial charge on any atom is -0.388 e. The zero-order valence-electron chi connectivity index (χ0n) is 9.79. The highest BCUT2D eigenvalue weighted by Gasteiger charge is 2.22. The van der Waals surface area contributed by atoms with Crippen LogP contribution in [-0.4, -0.2) is 9.67 Å². The van der Waals surface area contributed by atoms with Crippen molar-refractivity contribution in [3.63, 3.8) is 0 Å². The van der Waals surface area contributed by atoms with Gasteiger partial charge in [-0.1, -0.05) is 13.3 Å². The molecule has 0 radical (unpaired) electrons. The first kappa shape index (κ1) is 10.7. The van der Waals surface area contributed by atoms with Crippen molar-refractivity contribution >= 4 is 0 Å². The lowest BCUT2D eigenvalue weighted by molar-refractivity contribution is 0.155. The van der Waals surface area contributed by atoms with Crippen LogP contribution in [0.4, 0.5) is 0 Å². The molecular weight excluding hydrogens is 186 g/mol. The highest BCUT2D eigenvalue weighted by Crippen LogP contribution is 2.32. The van der Waals surface area contributed by atoms with E-state index in [9.17, 15) is 5.11 Å². The van der Waals surface area contributed by atoms with E-state index in [2.05, 4.69) is 24.5 Å². The summed E-state index contributed by atoms with van der Waals surface area (Å²) in [7, 11) is 0. The summed E-state index contributed by atoms with van der Waals surface area (Å²) in [4.78, 5) is 0. The van der Waals surface area contributed by atoms with Gasteiger partial charge in [0.05, 0.1) is 6.10 Å². The largest absolute Gasteiger partial charge is 0.388 e. The van der Waals surface area contributed by atoms with Crippen LogP contribution >= 0.6 is 0 Å². The van der Waals surface area contributed by atoms with Crippen LogP contribution in [0.15, 0.2) is 6.07 Å². The molecule has 84 valence electrons. The van der Waals surface area contributed by atoms with Gasteiger partial charge in [0, 0.05) is 23.5 Å². The van der Waals surface area contributed by atoms with Gasteiger partial charge in [-0.05, 0) is 38.7 Å². The molecule has 0 bridgehead atoms. The summed E-state index contributed by atoms with van der Waals surface area (Å²) in [5.41, 5.74) is 3.89. The molecule has 1 aromatic rings. The van der Waals surface area contributed by atoms with Crippen LogP contribution in [-0.2, 0) is 13.0 Å². The number of aryl methyl sites for hydroxylation is 1. The number of aromatic nitrogens is 1. The van der Waals surface area contributed by atoms with E-state index in [1.54, 1.807) is 0 Å². The van der Waals surface area contributed by atoms with E-state index in [0.717, 1.165) is 25.8 Å². The number of aliphatic hydroxyl groups excluding tert-OH is 1. The summed E-state index contributed by atoms with van der Waals surface area (Å²) >= 11 is 0. The minimum absolute atomic E-state index is 0.213. The van der Waals surface area contributed by atoms with Gasteiger partial charge in [-0.3, -0.25) is 0 Å². The van der Waals surface area contributed by atoms with Crippen molar-refractivity contribution in [2.45, 2.75) is 58.6 Å². The monoisotopic (exact) mass is 207 g/mol. The Bertz CT molecular complexity index is 341. The van der Waals surface area contributed by atoms with Gasteiger partial charge >= 0.3 is 0 Å². The number of rotatable bonds is 3. The summed E-state index contributed by atoms with van der Waals surface area (Å²) in [5, 5.41) is 9.91. The number of unbranched alkanes of at least 4 members (excludes halogenated alkanes) is 1. The van der Waals surface area contributed by atoms with Crippen molar-refractivity contribution in [3.8, 4) is 0 Å². The third-order valence-electron chi connectivity index (χ3n) is 3.43. The van der Waals surface area contributed by atoms with Gasteiger partial charge < -0.3 is 9.67 Å². The van der Waals surface area contributed by atoms with Crippen LogP contribution in [0.2, 0.25) is 0 Å². The molecule has 1 aliphatic carbocycles. The van der Waals surface area contributed by atoms with Gasteiger partial charge in [0.1, 0.15) is 0 Å². The molecule has 1 aliphatic rings. The van der Waals surface area contributed by atoms with Crippen LogP contribution in [0.1, 0.15) is 55.7 Å².